The third-order valence-electron chi connectivity index (χ3n) is 3.99. The Labute approximate surface area is 143 Å². The van der Waals surface area contributed by atoms with E-state index in [0.717, 1.165) is 24.3 Å². The van der Waals surface area contributed by atoms with Crippen molar-refractivity contribution in [1.82, 2.24) is 10.6 Å². The molecule has 136 valence electrons. The maximum atomic E-state index is 13.4. The van der Waals surface area contributed by atoms with E-state index in [1.165, 1.54) is 6.92 Å². The van der Waals surface area contributed by atoms with Gasteiger partial charge >= 0.3 is 5.97 Å². The maximum Gasteiger partial charge on any atom is 0.328 e. The largest absolute Gasteiger partial charge is 0.478 e. The predicted octanol–water partition coefficient (Wildman–Crippen LogP) is 0.746. The van der Waals surface area contributed by atoms with Crippen molar-refractivity contribution < 1.29 is 28.6 Å². The maximum absolute atomic E-state index is 13.4. The lowest BCUT2D eigenvalue weighted by Crippen LogP contribution is -2.51. The van der Waals surface area contributed by atoms with Gasteiger partial charge in [0.1, 0.15) is 11.6 Å². The summed E-state index contributed by atoms with van der Waals surface area (Å²) < 4.78 is 26.7. The van der Waals surface area contributed by atoms with E-state index in [0.29, 0.717) is 24.1 Å². The molecule has 0 bridgehead atoms. The first kappa shape index (κ1) is 19.0. The molecular weight excluding hydrogens is 334 g/mol. The number of hydrogen-bond acceptors (Lipinski definition) is 4. The second-order valence-electron chi connectivity index (χ2n) is 6.11. The summed E-state index contributed by atoms with van der Waals surface area (Å²) in [4.78, 5) is 22.1. The zero-order chi connectivity index (χ0) is 18.6. The van der Waals surface area contributed by atoms with Gasteiger partial charge in [0.2, 0.25) is 5.91 Å². The Morgan fingerprint density at radius 3 is 2.56 bits per heavy atom. The van der Waals surface area contributed by atoms with Crippen molar-refractivity contribution in [2.75, 3.05) is 6.54 Å². The number of carbonyl (C=O) groups excluding carboxylic acids is 1. The van der Waals surface area contributed by atoms with Crippen LogP contribution in [0.15, 0.2) is 29.8 Å². The Morgan fingerprint density at radius 1 is 1.36 bits per heavy atom. The summed E-state index contributed by atoms with van der Waals surface area (Å²) in [5.41, 5.74) is 0.921. The highest BCUT2D eigenvalue weighted by molar-refractivity contribution is 5.80. The molecule has 1 aromatic rings. The molecule has 2 rings (SSSR count). The summed E-state index contributed by atoms with van der Waals surface area (Å²) in [5, 5.41) is 24.9. The van der Waals surface area contributed by atoms with Crippen LogP contribution in [0.1, 0.15) is 18.9 Å². The number of benzene rings is 1. The van der Waals surface area contributed by atoms with Gasteiger partial charge in [-0.1, -0.05) is 0 Å². The number of rotatable bonds is 6. The monoisotopic (exact) mass is 354 g/mol. The fourth-order valence-electron chi connectivity index (χ4n) is 3.00. The lowest BCUT2D eigenvalue weighted by atomic mass is 9.94. The number of carboxylic acid groups (broad SMARTS) is 1. The number of nitrogens with one attached hydrogen (secondary N) is 2. The van der Waals surface area contributed by atoms with Gasteiger partial charge in [-0.3, -0.25) is 4.79 Å². The normalized spacial score (nSPS) is 21.1. The van der Waals surface area contributed by atoms with Gasteiger partial charge in [-0.2, -0.15) is 0 Å². The van der Waals surface area contributed by atoms with E-state index in [1.54, 1.807) is 0 Å². The summed E-state index contributed by atoms with van der Waals surface area (Å²) in [6, 6.07) is 1.78. The number of hydrogen-bond donors (Lipinski definition) is 4. The van der Waals surface area contributed by atoms with Crippen molar-refractivity contribution in [2.45, 2.75) is 38.0 Å². The molecule has 1 aliphatic heterocycles. The Hall–Kier alpha value is -2.32. The van der Waals surface area contributed by atoms with E-state index in [4.69, 9.17) is 5.11 Å². The van der Waals surface area contributed by atoms with Gasteiger partial charge in [-0.05, 0) is 36.1 Å². The highest BCUT2D eigenvalue weighted by atomic mass is 19.1. The smallest absolute Gasteiger partial charge is 0.328 e. The van der Waals surface area contributed by atoms with Crippen LogP contribution < -0.4 is 10.6 Å². The minimum atomic E-state index is -1.07. The fraction of sp³-hybridized carbons (Fsp3) is 0.412. The van der Waals surface area contributed by atoms with Crippen LogP contribution in [0.3, 0.4) is 0 Å². The summed E-state index contributed by atoms with van der Waals surface area (Å²) in [5.74, 6) is -2.94. The third kappa shape index (κ3) is 5.61. The third-order valence-corrected chi connectivity index (χ3v) is 3.99. The van der Waals surface area contributed by atoms with Gasteiger partial charge in [0.25, 0.3) is 0 Å². The molecule has 1 aromatic carbocycles. The van der Waals surface area contributed by atoms with E-state index in [1.807, 2.05) is 0 Å². The fourth-order valence-corrected chi connectivity index (χ4v) is 3.00. The van der Waals surface area contributed by atoms with Crippen molar-refractivity contribution in [3.63, 3.8) is 0 Å². The molecular formula is C17H20F2N2O4. The molecule has 0 aliphatic carbocycles. The second-order valence-corrected chi connectivity index (χ2v) is 6.11. The van der Waals surface area contributed by atoms with E-state index in [2.05, 4.69) is 10.6 Å². The van der Waals surface area contributed by atoms with Crippen molar-refractivity contribution in [2.24, 2.45) is 0 Å². The van der Waals surface area contributed by atoms with E-state index in [9.17, 15) is 23.5 Å². The SMILES string of the molecule is CC(=O)N[C@@H](Cc1cc(F)cc(F)c1)[C@H](O)[C@H]1C/C(=C/C(=O)O)CN1. The number of carboxylic acids is 1. The van der Waals surface area contributed by atoms with Gasteiger partial charge in [-0.25, -0.2) is 13.6 Å². The molecule has 1 fully saturated rings. The highest BCUT2D eigenvalue weighted by Crippen LogP contribution is 2.20. The minimum absolute atomic E-state index is 0.0333. The Kier molecular flexibility index (Phi) is 6.22. The van der Waals surface area contributed by atoms with E-state index < -0.39 is 35.8 Å². The first-order valence-electron chi connectivity index (χ1n) is 7.80. The second kappa shape index (κ2) is 8.17. The molecule has 1 saturated heterocycles. The summed E-state index contributed by atoms with van der Waals surface area (Å²) in [6.45, 7) is 1.60. The first-order valence-corrected chi connectivity index (χ1v) is 7.80. The highest BCUT2D eigenvalue weighted by Gasteiger charge is 2.32. The van der Waals surface area contributed by atoms with E-state index >= 15 is 0 Å². The Bertz CT molecular complexity index is 673. The zero-order valence-corrected chi connectivity index (χ0v) is 13.6. The molecule has 0 unspecified atom stereocenters. The average molecular weight is 354 g/mol. The molecule has 0 radical (unpaired) electrons. The number of amides is 1. The Morgan fingerprint density at radius 2 is 2.00 bits per heavy atom. The number of carbonyl (C=O) groups is 2. The summed E-state index contributed by atoms with van der Waals surface area (Å²) in [7, 11) is 0. The van der Waals surface area contributed by atoms with Crippen molar-refractivity contribution in [3.05, 3.63) is 47.0 Å². The molecule has 0 saturated carbocycles. The molecule has 8 heteroatoms. The molecule has 3 atom stereocenters. The van der Waals surface area contributed by atoms with Gasteiger partial charge in [0, 0.05) is 31.7 Å². The number of aliphatic carboxylic acids is 1. The summed E-state index contributed by atoms with van der Waals surface area (Å²) >= 11 is 0. The average Bonchev–Trinajstić information content (AvgIpc) is 2.91. The van der Waals surface area contributed by atoms with Crippen LogP contribution in [0.5, 0.6) is 0 Å². The lowest BCUT2D eigenvalue weighted by Gasteiger charge is -2.28. The Balaban J connectivity index is 2.13. The van der Waals surface area contributed by atoms with Crippen molar-refractivity contribution in [3.8, 4) is 0 Å². The molecule has 6 nitrogen and oxygen atoms in total. The van der Waals surface area contributed by atoms with Crippen molar-refractivity contribution in [1.29, 1.82) is 0 Å². The standard InChI is InChI=1S/C17H20F2N2O4/c1-9(22)21-15(4-10-2-12(18)7-13(19)3-10)17(25)14-5-11(8-20-14)6-16(23)24/h2-3,6-7,14-15,17,20,25H,4-5,8H2,1H3,(H,21,22)(H,23,24)/b11-6-/t14-,15+,17-/m1/s1. The minimum Gasteiger partial charge on any atom is -0.478 e. The number of halogens is 2. The van der Waals surface area contributed by atoms with Crippen LogP contribution in [0.4, 0.5) is 8.78 Å². The van der Waals surface area contributed by atoms with Crippen LogP contribution in [0, 0.1) is 11.6 Å². The number of aliphatic hydroxyl groups excluding tert-OH is 1. The van der Waals surface area contributed by atoms with Crippen LogP contribution in [0.2, 0.25) is 0 Å². The van der Waals surface area contributed by atoms with Gasteiger partial charge in [-0.15, -0.1) is 0 Å². The van der Waals surface area contributed by atoms with Crippen molar-refractivity contribution >= 4 is 11.9 Å². The topological polar surface area (TPSA) is 98.7 Å². The molecule has 25 heavy (non-hydrogen) atoms. The van der Waals surface area contributed by atoms with Gasteiger partial charge in [0.05, 0.1) is 12.1 Å². The molecule has 4 N–H and O–H groups in total. The summed E-state index contributed by atoms with van der Waals surface area (Å²) in [6.07, 6.45) is 0.358. The van der Waals surface area contributed by atoms with Crippen LogP contribution in [0.25, 0.3) is 0 Å². The zero-order valence-electron chi connectivity index (χ0n) is 13.6. The van der Waals surface area contributed by atoms with Gasteiger partial charge < -0.3 is 20.8 Å². The lowest BCUT2D eigenvalue weighted by molar-refractivity contribution is -0.131. The predicted molar refractivity (Wildman–Crippen MR) is 85.8 cm³/mol. The van der Waals surface area contributed by atoms with E-state index in [-0.39, 0.29) is 12.3 Å². The van der Waals surface area contributed by atoms with Crippen LogP contribution in [-0.4, -0.2) is 46.8 Å². The first-order chi connectivity index (χ1) is 11.7. The molecule has 1 aliphatic rings. The van der Waals surface area contributed by atoms with Gasteiger partial charge in [0.15, 0.2) is 0 Å². The molecule has 0 aromatic heterocycles. The molecule has 0 spiro atoms. The molecule has 1 amide bonds. The quantitative estimate of drug-likeness (QED) is 0.565. The van der Waals surface area contributed by atoms with Crippen LogP contribution >= 0.6 is 0 Å². The van der Waals surface area contributed by atoms with Crippen LogP contribution in [-0.2, 0) is 16.0 Å². The molecule has 1 heterocycles. The number of aliphatic hydroxyl groups is 1.